The average Bonchev–Trinajstić information content (AvgIpc) is 3.05. The molecule has 146 valence electrons. The van der Waals surface area contributed by atoms with Crippen LogP contribution >= 0.6 is 11.8 Å². The number of aromatic nitrogens is 3. The Labute approximate surface area is 166 Å². The molecular formula is C19H20FN5O2S. The number of nitrogens with two attached hydrogens (primary N) is 1. The van der Waals surface area contributed by atoms with E-state index in [4.69, 9.17) is 10.6 Å². The maximum absolute atomic E-state index is 13.6. The van der Waals surface area contributed by atoms with Crippen molar-refractivity contribution in [1.82, 2.24) is 20.2 Å². The van der Waals surface area contributed by atoms with E-state index in [-0.39, 0.29) is 18.3 Å². The highest BCUT2D eigenvalue weighted by Crippen LogP contribution is 2.22. The van der Waals surface area contributed by atoms with E-state index in [1.54, 1.807) is 19.1 Å². The quantitative estimate of drug-likeness (QED) is 0.445. The molecule has 1 atom stereocenters. The molecule has 1 unspecified atom stereocenters. The fourth-order valence-electron chi connectivity index (χ4n) is 2.33. The van der Waals surface area contributed by atoms with E-state index in [2.05, 4.69) is 15.5 Å². The Morgan fingerprint density at radius 3 is 2.68 bits per heavy atom. The van der Waals surface area contributed by atoms with Crippen molar-refractivity contribution in [3.63, 3.8) is 0 Å². The zero-order valence-corrected chi connectivity index (χ0v) is 16.0. The molecule has 0 saturated carbocycles. The number of nitrogen functional groups attached to an aromatic ring is 1. The lowest BCUT2D eigenvalue weighted by molar-refractivity contribution is -0.120. The summed E-state index contributed by atoms with van der Waals surface area (Å²) in [7, 11) is 0. The Kier molecular flexibility index (Phi) is 6.49. The summed E-state index contributed by atoms with van der Waals surface area (Å²) in [6.07, 6.45) is 0. The summed E-state index contributed by atoms with van der Waals surface area (Å²) < 4.78 is 20.2. The minimum atomic E-state index is -0.469. The number of nitrogens with zero attached hydrogens (tertiary/aromatic N) is 3. The van der Waals surface area contributed by atoms with Crippen LogP contribution < -0.4 is 15.9 Å². The standard InChI is InChI=1S/C19H20FN5O2S/c1-13(18(26)22-11-14-7-3-2-4-8-14)28-19-24-23-17(25(19)21)12-27-16-10-6-5-9-15(16)20/h2-10,13H,11-12,21H2,1H3,(H,22,26). The molecule has 1 heterocycles. The van der Waals surface area contributed by atoms with E-state index in [1.165, 1.54) is 28.6 Å². The molecule has 28 heavy (non-hydrogen) atoms. The number of carbonyl (C=O) groups excluding carboxylic acids is 1. The van der Waals surface area contributed by atoms with Gasteiger partial charge in [-0.3, -0.25) is 4.79 Å². The molecule has 9 heteroatoms. The maximum atomic E-state index is 13.6. The van der Waals surface area contributed by atoms with Crippen LogP contribution in [0.25, 0.3) is 0 Å². The zero-order valence-electron chi connectivity index (χ0n) is 15.2. The Morgan fingerprint density at radius 2 is 1.93 bits per heavy atom. The van der Waals surface area contributed by atoms with Crippen molar-refractivity contribution in [3.05, 3.63) is 71.8 Å². The summed E-state index contributed by atoms with van der Waals surface area (Å²) in [6, 6.07) is 15.7. The van der Waals surface area contributed by atoms with Crippen LogP contribution in [0.5, 0.6) is 5.75 Å². The number of carbonyl (C=O) groups is 1. The summed E-state index contributed by atoms with van der Waals surface area (Å²) in [5.41, 5.74) is 1.02. The van der Waals surface area contributed by atoms with E-state index in [9.17, 15) is 9.18 Å². The second-order valence-electron chi connectivity index (χ2n) is 5.95. The van der Waals surface area contributed by atoms with Crippen LogP contribution in [-0.4, -0.2) is 26.0 Å². The molecule has 3 N–H and O–H groups in total. The van der Waals surface area contributed by atoms with Gasteiger partial charge in [-0.2, -0.15) is 0 Å². The SMILES string of the molecule is CC(Sc1nnc(COc2ccccc2F)n1N)C(=O)NCc1ccccc1. The summed E-state index contributed by atoms with van der Waals surface area (Å²) in [5, 5.41) is 10.8. The topological polar surface area (TPSA) is 95.1 Å². The summed E-state index contributed by atoms with van der Waals surface area (Å²) in [6.45, 7) is 2.16. The number of nitrogens with one attached hydrogen (secondary N) is 1. The molecule has 3 aromatic rings. The fraction of sp³-hybridized carbons (Fsp3) is 0.211. The summed E-state index contributed by atoms with van der Waals surface area (Å²) in [4.78, 5) is 12.3. The fourth-order valence-corrected chi connectivity index (χ4v) is 3.14. The Bertz CT molecular complexity index is 935. The van der Waals surface area contributed by atoms with Gasteiger partial charge in [0.25, 0.3) is 0 Å². The number of halogens is 1. The first-order valence-corrected chi connectivity index (χ1v) is 9.47. The van der Waals surface area contributed by atoms with Crippen LogP contribution in [0, 0.1) is 5.82 Å². The molecular weight excluding hydrogens is 381 g/mol. The molecule has 1 amide bonds. The monoisotopic (exact) mass is 401 g/mol. The molecule has 0 fully saturated rings. The number of ether oxygens (including phenoxy) is 1. The number of amides is 1. The largest absolute Gasteiger partial charge is 0.482 e. The van der Waals surface area contributed by atoms with Crippen LogP contribution in [0.15, 0.2) is 59.8 Å². The van der Waals surface area contributed by atoms with Gasteiger partial charge in [-0.15, -0.1) is 10.2 Å². The number of thioether (sulfide) groups is 1. The third-order valence-corrected chi connectivity index (χ3v) is 4.95. The maximum Gasteiger partial charge on any atom is 0.233 e. The van der Waals surface area contributed by atoms with E-state index < -0.39 is 11.1 Å². The van der Waals surface area contributed by atoms with Gasteiger partial charge in [-0.25, -0.2) is 9.07 Å². The van der Waals surface area contributed by atoms with Crippen LogP contribution in [0.3, 0.4) is 0 Å². The molecule has 7 nitrogen and oxygen atoms in total. The van der Waals surface area contributed by atoms with Gasteiger partial charge >= 0.3 is 0 Å². The third kappa shape index (κ3) is 5.01. The molecule has 0 aliphatic heterocycles. The van der Waals surface area contributed by atoms with Gasteiger partial charge in [-0.1, -0.05) is 54.2 Å². The van der Waals surface area contributed by atoms with Crippen LogP contribution in [0.2, 0.25) is 0 Å². The number of para-hydroxylation sites is 1. The van der Waals surface area contributed by atoms with Crippen molar-refractivity contribution in [3.8, 4) is 5.75 Å². The van der Waals surface area contributed by atoms with Gasteiger partial charge < -0.3 is 15.9 Å². The number of benzene rings is 2. The molecule has 0 saturated heterocycles. The van der Waals surface area contributed by atoms with Crippen LogP contribution in [0.1, 0.15) is 18.3 Å². The van der Waals surface area contributed by atoms with Crippen LogP contribution in [-0.2, 0) is 17.9 Å². The normalized spacial score (nSPS) is 11.8. The van der Waals surface area contributed by atoms with E-state index in [0.29, 0.717) is 17.5 Å². The summed E-state index contributed by atoms with van der Waals surface area (Å²) >= 11 is 1.18. The Balaban J connectivity index is 1.54. The van der Waals surface area contributed by atoms with Crippen molar-refractivity contribution in [2.24, 2.45) is 0 Å². The molecule has 2 aromatic carbocycles. The predicted molar refractivity (Wildman–Crippen MR) is 105 cm³/mol. The smallest absolute Gasteiger partial charge is 0.233 e. The van der Waals surface area contributed by atoms with Crippen LogP contribution in [0.4, 0.5) is 4.39 Å². The predicted octanol–water partition coefficient (Wildman–Crippen LogP) is 2.51. The van der Waals surface area contributed by atoms with Gasteiger partial charge in [-0.05, 0) is 24.6 Å². The second kappa shape index (κ2) is 9.23. The van der Waals surface area contributed by atoms with Crippen molar-refractivity contribution < 1.29 is 13.9 Å². The lowest BCUT2D eigenvalue weighted by Crippen LogP contribution is -2.31. The third-order valence-electron chi connectivity index (χ3n) is 3.89. The first-order chi connectivity index (χ1) is 13.5. The minimum Gasteiger partial charge on any atom is -0.482 e. The number of rotatable bonds is 8. The van der Waals surface area contributed by atoms with Gasteiger partial charge in [0, 0.05) is 6.54 Å². The summed E-state index contributed by atoms with van der Waals surface area (Å²) in [5.74, 6) is 5.80. The Hall–Kier alpha value is -3.07. The Morgan fingerprint density at radius 1 is 1.21 bits per heavy atom. The van der Waals surface area contributed by atoms with E-state index in [0.717, 1.165) is 5.56 Å². The minimum absolute atomic E-state index is 0.0421. The van der Waals surface area contributed by atoms with Gasteiger partial charge in [0.2, 0.25) is 11.1 Å². The highest BCUT2D eigenvalue weighted by atomic mass is 32.2. The molecule has 0 aliphatic carbocycles. The highest BCUT2D eigenvalue weighted by molar-refractivity contribution is 8.00. The van der Waals surface area contributed by atoms with Crippen molar-refractivity contribution in [1.29, 1.82) is 0 Å². The van der Waals surface area contributed by atoms with Gasteiger partial charge in [0.1, 0.15) is 6.61 Å². The molecule has 1 aromatic heterocycles. The highest BCUT2D eigenvalue weighted by Gasteiger charge is 2.19. The lowest BCUT2D eigenvalue weighted by atomic mass is 10.2. The zero-order chi connectivity index (χ0) is 19.9. The van der Waals surface area contributed by atoms with Crippen molar-refractivity contribution in [2.45, 2.75) is 30.5 Å². The number of hydrogen-bond donors (Lipinski definition) is 2. The first kappa shape index (κ1) is 19.7. The first-order valence-electron chi connectivity index (χ1n) is 8.59. The molecule has 0 radical (unpaired) electrons. The number of hydrogen-bond acceptors (Lipinski definition) is 6. The van der Waals surface area contributed by atoms with Crippen molar-refractivity contribution in [2.75, 3.05) is 5.84 Å². The van der Waals surface area contributed by atoms with Gasteiger partial charge in [0.05, 0.1) is 5.25 Å². The average molecular weight is 401 g/mol. The second-order valence-corrected chi connectivity index (χ2v) is 7.26. The van der Waals surface area contributed by atoms with E-state index >= 15 is 0 Å². The van der Waals surface area contributed by atoms with E-state index in [1.807, 2.05) is 30.3 Å². The lowest BCUT2D eigenvalue weighted by Gasteiger charge is -2.12. The molecule has 0 bridgehead atoms. The van der Waals surface area contributed by atoms with Gasteiger partial charge in [0.15, 0.2) is 17.4 Å². The molecule has 3 rings (SSSR count). The molecule has 0 spiro atoms. The molecule has 0 aliphatic rings. The van der Waals surface area contributed by atoms with Crippen molar-refractivity contribution >= 4 is 17.7 Å².